The Morgan fingerprint density at radius 1 is 1.26 bits per heavy atom. The highest BCUT2D eigenvalue weighted by atomic mass is 79.9. The van der Waals surface area contributed by atoms with Crippen molar-refractivity contribution in [3.05, 3.63) is 50.7 Å². The van der Waals surface area contributed by atoms with Gasteiger partial charge in [0, 0.05) is 28.5 Å². The van der Waals surface area contributed by atoms with E-state index in [4.69, 9.17) is 5.73 Å². The van der Waals surface area contributed by atoms with Crippen LogP contribution in [0.4, 0.5) is 5.69 Å². The molecule has 3 rings (SSSR count). The lowest BCUT2D eigenvalue weighted by atomic mass is 9.97. The smallest absolute Gasteiger partial charge is 0.0443 e. The average Bonchev–Trinajstić information content (AvgIpc) is 2.67. The molecule has 2 nitrogen and oxygen atoms in total. The van der Waals surface area contributed by atoms with Crippen molar-refractivity contribution in [3.8, 4) is 0 Å². The average molecular weight is 317 g/mol. The van der Waals surface area contributed by atoms with Gasteiger partial charge in [-0.15, -0.1) is 0 Å². The predicted octanol–water partition coefficient (Wildman–Crippen LogP) is 4.07. The van der Waals surface area contributed by atoms with Crippen LogP contribution in [-0.4, -0.2) is 6.21 Å². The molecule has 1 aromatic rings. The van der Waals surface area contributed by atoms with E-state index in [1.54, 1.807) is 0 Å². The fraction of sp³-hybridized carbons (Fsp3) is 0.312. The largest absolute Gasteiger partial charge is 0.398 e. The maximum atomic E-state index is 6.24. The van der Waals surface area contributed by atoms with E-state index in [0.29, 0.717) is 0 Å². The SMILES string of the molecule is Cc1ccc2c(c1N)CCC1=C(C2)N=CC(Br)=CC1. The molecule has 1 aliphatic heterocycles. The number of nitrogens with two attached hydrogens (primary N) is 1. The number of anilines is 1. The van der Waals surface area contributed by atoms with E-state index < -0.39 is 0 Å². The second kappa shape index (κ2) is 4.97. The number of benzene rings is 1. The van der Waals surface area contributed by atoms with Crippen molar-refractivity contribution in [1.29, 1.82) is 0 Å². The Hall–Kier alpha value is -1.35. The molecular weight excluding hydrogens is 300 g/mol. The molecule has 2 N–H and O–H groups in total. The molecule has 0 atom stereocenters. The first-order valence-corrected chi connectivity index (χ1v) is 7.42. The molecule has 0 unspecified atom stereocenters. The topological polar surface area (TPSA) is 38.4 Å². The predicted molar refractivity (Wildman–Crippen MR) is 84.8 cm³/mol. The minimum atomic E-state index is 0.903. The third-order valence-electron chi connectivity index (χ3n) is 4.00. The van der Waals surface area contributed by atoms with Crippen LogP contribution in [0, 0.1) is 6.92 Å². The fourth-order valence-corrected chi connectivity index (χ4v) is 3.05. The van der Waals surface area contributed by atoms with Gasteiger partial charge in [0.15, 0.2) is 0 Å². The molecule has 0 radical (unpaired) electrons. The normalized spacial score (nSPS) is 18.3. The first kappa shape index (κ1) is 12.7. The molecule has 0 spiro atoms. The van der Waals surface area contributed by atoms with Crippen molar-refractivity contribution >= 4 is 27.8 Å². The number of aryl methyl sites for hydroxylation is 1. The van der Waals surface area contributed by atoms with Crippen molar-refractivity contribution in [1.82, 2.24) is 0 Å². The van der Waals surface area contributed by atoms with Crippen LogP contribution >= 0.6 is 15.9 Å². The van der Waals surface area contributed by atoms with E-state index in [0.717, 1.165) is 35.9 Å². The molecule has 1 heterocycles. The molecule has 19 heavy (non-hydrogen) atoms. The van der Waals surface area contributed by atoms with Gasteiger partial charge in [-0.3, -0.25) is 4.99 Å². The van der Waals surface area contributed by atoms with Gasteiger partial charge in [0.1, 0.15) is 0 Å². The van der Waals surface area contributed by atoms with Crippen LogP contribution in [0.15, 0.2) is 39.0 Å². The van der Waals surface area contributed by atoms with Crippen LogP contribution in [0.1, 0.15) is 29.5 Å². The zero-order valence-corrected chi connectivity index (χ0v) is 12.6. The maximum Gasteiger partial charge on any atom is 0.0443 e. The number of nitrogen functional groups attached to an aromatic ring is 1. The fourth-order valence-electron chi connectivity index (χ4n) is 2.78. The number of allylic oxidation sites excluding steroid dienone is 4. The second-order valence-electron chi connectivity index (χ2n) is 5.21. The summed E-state index contributed by atoms with van der Waals surface area (Å²) in [5.41, 5.74) is 13.7. The van der Waals surface area contributed by atoms with E-state index in [-0.39, 0.29) is 0 Å². The molecule has 0 saturated carbocycles. The lowest BCUT2D eigenvalue weighted by molar-refractivity contribution is 0.905. The zero-order valence-electron chi connectivity index (χ0n) is 11.0. The summed E-state index contributed by atoms with van der Waals surface area (Å²) in [6, 6.07) is 4.33. The van der Waals surface area contributed by atoms with E-state index in [1.807, 2.05) is 6.21 Å². The van der Waals surface area contributed by atoms with Crippen molar-refractivity contribution in [2.45, 2.75) is 32.6 Å². The molecule has 0 fully saturated rings. The Balaban J connectivity index is 2.02. The Morgan fingerprint density at radius 3 is 2.95 bits per heavy atom. The van der Waals surface area contributed by atoms with Crippen molar-refractivity contribution in [3.63, 3.8) is 0 Å². The number of nitrogens with zero attached hydrogens (tertiary/aromatic N) is 1. The quantitative estimate of drug-likeness (QED) is 0.720. The Morgan fingerprint density at radius 2 is 2.11 bits per heavy atom. The zero-order chi connectivity index (χ0) is 13.4. The molecule has 3 heteroatoms. The van der Waals surface area contributed by atoms with Crippen LogP contribution in [0.3, 0.4) is 0 Å². The summed E-state index contributed by atoms with van der Waals surface area (Å²) in [4.78, 5) is 4.64. The Bertz CT molecular complexity index is 624. The number of rotatable bonds is 0. The molecule has 0 amide bonds. The van der Waals surface area contributed by atoms with Gasteiger partial charge in [0.05, 0.1) is 0 Å². The molecule has 0 saturated heterocycles. The van der Waals surface area contributed by atoms with Gasteiger partial charge in [-0.25, -0.2) is 0 Å². The molecule has 1 aliphatic carbocycles. The Labute approximate surface area is 122 Å². The van der Waals surface area contributed by atoms with E-state index >= 15 is 0 Å². The van der Waals surface area contributed by atoms with Crippen LogP contribution < -0.4 is 5.73 Å². The van der Waals surface area contributed by atoms with Crippen LogP contribution in [0.5, 0.6) is 0 Å². The summed E-state index contributed by atoms with van der Waals surface area (Å²) < 4.78 is 1.07. The number of hydrogen-bond acceptors (Lipinski definition) is 2. The van der Waals surface area contributed by atoms with E-state index in [1.165, 1.54) is 28.0 Å². The Kier molecular flexibility index (Phi) is 3.31. The number of aliphatic imine (C=N–C) groups is 1. The molecule has 98 valence electrons. The van der Waals surface area contributed by atoms with Gasteiger partial charge >= 0.3 is 0 Å². The summed E-state index contributed by atoms with van der Waals surface area (Å²) in [5, 5.41) is 0. The first-order valence-electron chi connectivity index (χ1n) is 6.62. The number of halogens is 1. The molecule has 1 aromatic carbocycles. The first-order chi connectivity index (χ1) is 9.15. The highest BCUT2D eigenvalue weighted by molar-refractivity contribution is 9.12. The highest BCUT2D eigenvalue weighted by Gasteiger charge is 2.18. The molecule has 2 aliphatic rings. The van der Waals surface area contributed by atoms with Gasteiger partial charge in [-0.1, -0.05) is 18.2 Å². The number of hydrogen-bond donors (Lipinski definition) is 1. The van der Waals surface area contributed by atoms with Crippen LogP contribution in [-0.2, 0) is 12.8 Å². The highest BCUT2D eigenvalue weighted by Crippen LogP contribution is 2.33. The summed E-state index contributed by atoms with van der Waals surface area (Å²) in [7, 11) is 0. The monoisotopic (exact) mass is 316 g/mol. The van der Waals surface area contributed by atoms with Crippen LogP contribution in [0.2, 0.25) is 0 Å². The van der Waals surface area contributed by atoms with Gasteiger partial charge < -0.3 is 5.73 Å². The summed E-state index contributed by atoms with van der Waals surface area (Å²) in [5.74, 6) is 0. The van der Waals surface area contributed by atoms with E-state index in [2.05, 4.69) is 46.1 Å². The summed E-state index contributed by atoms with van der Waals surface area (Å²) in [6.45, 7) is 2.08. The summed E-state index contributed by atoms with van der Waals surface area (Å²) >= 11 is 3.51. The lowest BCUT2D eigenvalue weighted by Gasteiger charge is -2.11. The standard InChI is InChI=1S/C16H17BrN2/c1-10-2-3-12-8-15-11(4-6-13(17)9-19-15)5-7-14(12)16(10)18/h2-3,6,9H,4-5,7-8,18H2,1H3. The van der Waals surface area contributed by atoms with Gasteiger partial charge in [-0.2, -0.15) is 0 Å². The van der Waals surface area contributed by atoms with Crippen molar-refractivity contribution in [2.24, 2.45) is 4.99 Å². The second-order valence-corrected chi connectivity index (χ2v) is 6.13. The van der Waals surface area contributed by atoms with Gasteiger partial charge in [-0.05, 0) is 64.4 Å². The lowest BCUT2D eigenvalue weighted by Crippen LogP contribution is -2.01. The van der Waals surface area contributed by atoms with Gasteiger partial charge in [0.25, 0.3) is 0 Å². The maximum absolute atomic E-state index is 6.24. The van der Waals surface area contributed by atoms with Crippen LogP contribution in [0.25, 0.3) is 0 Å². The van der Waals surface area contributed by atoms with Gasteiger partial charge in [0.2, 0.25) is 0 Å². The third kappa shape index (κ3) is 2.39. The van der Waals surface area contributed by atoms with Crippen molar-refractivity contribution in [2.75, 3.05) is 5.73 Å². The molecule has 0 aromatic heterocycles. The summed E-state index contributed by atoms with van der Waals surface area (Å²) in [6.07, 6.45) is 8.08. The molecular formula is C16H17BrN2. The molecule has 0 bridgehead atoms. The number of fused-ring (bicyclic) bond motifs is 1. The van der Waals surface area contributed by atoms with Crippen molar-refractivity contribution < 1.29 is 0 Å². The van der Waals surface area contributed by atoms with E-state index in [9.17, 15) is 0 Å². The minimum absolute atomic E-state index is 0.903. The third-order valence-corrected chi connectivity index (χ3v) is 4.53. The minimum Gasteiger partial charge on any atom is -0.398 e.